The van der Waals surface area contributed by atoms with Crippen molar-refractivity contribution < 1.29 is 0 Å². The summed E-state index contributed by atoms with van der Waals surface area (Å²) in [6.07, 6.45) is 2.25. The number of hydrogen-bond donors (Lipinski definition) is 1. The first-order valence-corrected chi connectivity index (χ1v) is 7.73. The fourth-order valence-corrected chi connectivity index (χ4v) is 2.72. The fraction of sp³-hybridized carbons (Fsp3) is 0.786. The molecule has 0 spiro atoms. The highest BCUT2D eigenvalue weighted by molar-refractivity contribution is 5.43. The van der Waals surface area contributed by atoms with Gasteiger partial charge in [0.05, 0.1) is 0 Å². The second-order valence-electron chi connectivity index (χ2n) is 5.61. The van der Waals surface area contributed by atoms with E-state index in [1.54, 1.807) is 0 Å². The normalized spacial score (nSPS) is 17.0. The molecule has 0 aromatic carbocycles. The van der Waals surface area contributed by atoms with E-state index in [1.807, 2.05) is 0 Å². The van der Waals surface area contributed by atoms with Crippen molar-refractivity contribution in [3.05, 3.63) is 0 Å². The number of anilines is 3. The molecule has 118 valence electrons. The van der Waals surface area contributed by atoms with Gasteiger partial charge in [0.1, 0.15) is 0 Å². The lowest BCUT2D eigenvalue weighted by molar-refractivity contribution is 0.252. The third-order valence-electron chi connectivity index (χ3n) is 4.23. The number of aromatic nitrogens is 3. The Morgan fingerprint density at radius 3 is 2.24 bits per heavy atom. The Morgan fingerprint density at radius 2 is 1.67 bits per heavy atom. The molecule has 1 aromatic rings. The maximum atomic E-state index is 5.87. The van der Waals surface area contributed by atoms with E-state index in [9.17, 15) is 0 Å². The zero-order valence-electron chi connectivity index (χ0n) is 13.6. The van der Waals surface area contributed by atoms with Crippen LogP contribution in [0.5, 0.6) is 0 Å². The summed E-state index contributed by atoms with van der Waals surface area (Å²) in [4.78, 5) is 19.8. The summed E-state index contributed by atoms with van der Waals surface area (Å²) in [5.74, 6) is 1.64. The summed E-state index contributed by atoms with van der Waals surface area (Å²) in [5.41, 5.74) is 5.87. The van der Waals surface area contributed by atoms with Crippen LogP contribution in [0, 0.1) is 0 Å². The van der Waals surface area contributed by atoms with E-state index in [4.69, 9.17) is 5.73 Å². The topological polar surface area (TPSA) is 74.4 Å². The number of nitrogens with zero attached hydrogens (tertiary/aromatic N) is 6. The Balaban J connectivity index is 2.18. The van der Waals surface area contributed by atoms with Gasteiger partial charge in [-0.3, -0.25) is 0 Å². The molecule has 0 unspecified atom stereocenters. The third kappa shape index (κ3) is 3.72. The van der Waals surface area contributed by atoms with E-state index in [1.165, 1.54) is 0 Å². The molecule has 21 heavy (non-hydrogen) atoms. The molecule has 0 bridgehead atoms. The van der Waals surface area contributed by atoms with Crippen LogP contribution in [-0.4, -0.2) is 66.2 Å². The quantitative estimate of drug-likeness (QED) is 0.862. The molecule has 1 aliphatic heterocycles. The molecule has 1 aliphatic rings. The standard InChI is InChI=1S/C14H27N7/c1-5-21(6-2)14-17-12(15)16-13(18-14)20(4)11-7-9-19(3)10-8-11/h11H,5-10H2,1-4H3,(H2,15,16,17,18). The average molecular weight is 293 g/mol. The lowest BCUT2D eigenvalue weighted by Crippen LogP contribution is -2.42. The van der Waals surface area contributed by atoms with Gasteiger partial charge >= 0.3 is 0 Å². The van der Waals surface area contributed by atoms with Crippen LogP contribution < -0.4 is 15.5 Å². The molecule has 1 aromatic heterocycles. The molecule has 2 rings (SSSR count). The van der Waals surface area contributed by atoms with Gasteiger partial charge in [-0.2, -0.15) is 15.0 Å². The molecule has 0 aliphatic carbocycles. The monoisotopic (exact) mass is 293 g/mol. The SMILES string of the molecule is CCN(CC)c1nc(N)nc(N(C)C2CCN(C)CC2)n1. The molecule has 1 saturated heterocycles. The highest BCUT2D eigenvalue weighted by Crippen LogP contribution is 2.21. The zero-order valence-corrected chi connectivity index (χ0v) is 13.6. The summed E-state index contributed by atoms with van der Waals surface area (Å²) < 4.78 is 0. The first-order chi connectivity index (χ1) is 10.0. The largest absolute Gasteiger partial charge is 0.368 e. The van der Waals surface area contributed by atoms with E-state index in [-0.39, 0.29) is 0 Å². The molecular formula is C14H27N7. The van der Waals surface area contributed by atoms with E-state index >= 15 is 0 Å². The van der Waals surface area contributed by atoms with Crippen LogP contribution >= 0.6 is 0 Å². The molecule has 1 fully saturated rings. The van der Waals surface area contributed by atoms with Gasteiger partial charge in [0.25, 0.3) is 0 Å². The second-order valence-corrected chi connectivity index (χ2v) is 5.61. The van der Waals surface area contributed by atoms with Crippen LogP contribution in [0.3, 0.4) is 0 Å². The molecule has 7 heteroatoms. The summed E-state index contributed by atoms with van der Waals surface area (Å²) in [6, 6.07) is 0.465. The minimum absolute atomic E-state index is 0.293. The molecule has 0 saturated carbocycles. The Labute approximate surface area is 127 Å². The van der Waals surface area contributed by atoms with Crippen molar-refractivity contribution in [1.29, 1.82) is 0 Å². The molecule has 2 N–H and O–H groups in total. The number of hydrogen-bond acceptors (Lipinski definition) is 7. The van der Waals surface area contributed by atoms with Crippen molar-refractivity contribution in [1.82, 2.24) is 19.9 Å². The van der Waals surface area contributed by atoms with Crippen LogP contribution in [0.1, 0.15) is 26.7 Å². The van der Waals surface area contributed by atoms with Gasteiger partial charge in [-0.15, -0.1) is 0 Å². The van der Waals surface area contributed by atoms with Gasteiger partial charge in [0.15, 0.2) is 0 Å². The van der Waals surface area contributed by atoms with Crippen LogP contribution in [0.2, 0.25) is 0 Å². The molecule has 0 atom stereocenters. The summed E-state index contributed by atoms with van der Waals surface area (Å²) in [6.45, 7) is 8.11. The van der Waals surface area contributed by atoms with Gasteiger partial charge in [-0.05, 0) is 46.8 Å². The number of piperidine rings is 1. The van der Waals surface area contributed by atoms with E-state index < -0.39 is 0 Å². The Hall–Kier alpha value is -1.63. The third-order valence-corrected chi connectivity index (χ3v) is 4.23. The van der Waals surface area contributed by atoms with Gasteiger partial charge in [0, 0.05) is 26.2 Å². The van der Waals surface area contributed by atoms with Gasteiger partial charge in [-0.1, -0.05) is 0 Å². The zero-order chi connectivity index (χ0) is 15.4. The molecule has 0 amide bonds. The number of nitrogen functional groups attached to an aromatic ring is 1. The van der Waals surface area contributed by atoms with Crippen molar-refractivity contribution in [2.45, 2.75) is 32.7 Å². The highest BCUT2D eigenvalue weighted by Gasteiger charge is 2.23. The van der Waals surface area contributed by atoms with E-state index in [0.717, 1.165) is 39.0 Å². The minimum atomic E-state index is 0.293. The maximum Gasteiger partial charge on any atom is 0.231 e. The Kier molecular flexibility index (Phi) is 5.17. The van der Waals surface area contributed by atoms with E-state index in [0.29, 0.717) is 23.9 Å². The van der Waals surface area contributed by atoms with E-state index in [2.05, 4.69) is 57.6 Å². The minimum Gasteiger partial charge on any atom is -0.368 e. The first kappa shape index (κ1) is 15.8. The predicted molar refractivity (Wildman–Crippen MR) is 86.7 cm³/mol. The molecule has 0 radical (unpaired) electrons. The van der Waals surface area contributed by atoms with Crippen molar-refractivity contribution >= 4 is 17.8 Å². The van der Waals surface area contributed by atoms with Crippen molar-refractivity contribution in [3.8, 4) is 0 Å². The van der Waals surface area contributed by atoms with Gasteiger partial charge in [-0.25, -0.2) is 0 Å². The van der Waals surface area contributed by atoms with Crippen LogP contribution in [-0.2, 0) is 0 Å². The van der Waals surface area contributed by atoms with Crippen LogP contribution in [0.15, 0.2) is 0 Å². The smallest absolute Gasteiger partial charge is 0.231 e. The number of likely N-dealkylation sites (tertiary alicyclic amines) is 1. The molecule has 7 nitrogen and oxygen atoms in total. The van der Waals surface area contributed by atoms with Crippen molar-refractivity contribution in [2.24, 2.45) is 0 Å². The Morgan fingerprint density at radius 1 is 1.10 bits per heavy atom. The van der Waals surface area contributed by atoms with Crippen LogP contribution in [0.25, 0.3) is 0 Å². The summed E-state index contributed by atoms with van der Waals surface area (Å²) in [7, 11) is 4.21. The van der Waals surface area contributed by atoms with Gasteiger partial charge in [0.2, 0.25) is 17.8 Å². The molecule has 2 heterocycles. The van der Waals surface area contributed by atoms with Crippen LogP contribution in [0.4, 0.5) is 17.8 Å². The summed E-state index contributed by atoms with van der Waals surface area (Å²) in [5, 5.41) is 0. The predicted octanol–water partition coefficient (Wildman–Crippen LogP) is 0.830. The first-order valence-electron chi connectivity index (χ1n) is 7.73. The summed E-state index contributed by atoms with van der Waals surface area (Å²) >= 11 is 0. The van der Waals surface area contributed by atoms with Crippen molar-refractivity contribution in [3.63, 3.8) is 0 Å². The van der Waals surface area contributed by atoms with Gasteiger partial charge < -0.3 is 20.4 Å². The molecular weight excluding hydrogens is 266 g/mol. The highest BCUT2D eigenvalue weighted by atomic mass is 15.4. The lowest BCUT2D eigenvalue weighted by Gasteiger charge is -2.35. The number of rotatable bonds is 5. The number of nitrogens with two attached hydrogens (primary N) is 1. The van der Waals surface area contributed by atoms with Crippen molar-refractivity contribution in [2.75, 3.05) is 55.8 Å². The Bertz CT molecular complexity index is 453. The average Bonchev–Trinajstić information content (AvgIpc) is 2.48. The fourth-order valence-electron chi connectivity index (χ4n) is 2.72. The lowest BCUT2D eigenvalue weighted by atomic mass is 10.0. The second kappa shape index (κ2) is 6.89. The maximum absolute atomic E-state index is 5.87.